The van der Waals surface area contributed by atoms with Crippen LogP contribution in [0.1, 0.15) is 49.2 Å². The maximum atomic E-state index is 11.9. The first kappa shape index (κ1) is 17.2. The van der Waals surface area contributed by atoms with Crippen LogP contribution in [0.3, 0.4) is 0 Å². The molecule has 1 N–H and O–H groups in total. The zero-order valence-electron chi connectivity index (χ0n) is 13.7. The molecule has 2 rings (SSSR count). The fourth-order valence-electron chi connectivity index (χ4n) is 3.17. The molecule has 1 aromatic carbocycles. The second-order valence-corrected chi connectivity index (χ2v) is 7.46. The lowest BCUT2D eigenvalue weighted by Crippen LogP contribution is -2.43. The Morgan fingerprint density at radius 1 is 1.14 bits per heavy atom. The van der Waals surface area contributed by atoms with Gasteiger partial charge in [-0.15, -0.1) is 0 Å². The number of carbonyl (C=O) groups is 2. The topological polar surface area (TPSA) is 49.4 Å². The summed E-state index contributed by atoms with van der Waals surface area (Å²) in [5, 5.41) is 2.72. The molecule has 0 saturated heterocycles. The van der Waals surface area contributed by atoms with Crippen LogP contribution < -0.4 is 5.32 Å². The van der Waals surface area contributed by atoms with Crippen molar-refractivity contribution < 1.29 is 9.59 Å². The Kier molecular flexibility index (Phi) is 5.07. The summed E-state index contributed by atoms with van der Waals surface area (Å²) in [6.07, 6.45) is 0.730. The van der Waals surface area contributed by atoms with E-state index >= 15 is 0 Å². The van der Waals surface area contributed by atoms with E-state index in [1.54, 1.807) is 6.07 Å². The molecule has 0 aliphatic carbocycles. The largest absolute Gasteiger partial charge is 0.318 e. The van der Waals surface area contributed by atoms with Crippen LogP contribution in [0, 0.1) is 6.92 Å². The first-order valence-corrected chi connectivity index (χ1v) is 8.54. The van der Waals surface area contributed by atoms with E-state index in [0.717, 1.165) is 17.5 Å². The lowest BCUT2D eigenvalue weighted by molar-refractivity contribution is -0.112. The van der Waals surface area contributed by atoms with Crippen LogP contribution in [0.15, 0.2) is 12.1 Å². The van der Waals surface area contributed by atoms with Crippen molar-refractivity contribution in [2.24, 2.45) is 0 Å². The molecule has 1 aromatic rings. The minimum absolute atomic E-state index is 0.144. The van der Waals surface area contributed by atoms with Gasteiger partial charge in [-0.25, -0.2) is 0 Å². The van der Waals surface area contributed by atoms with E-state index in [1.807, 2.05) is 13.0 Å². The molecule has 22 heavy (non-hydrogen) atoms. The molecule has 1 unspecified atom stereocenters. The van der Waals surface area contributed by atoms with E-state index < -0.39 is 11.7 Å². The molecule has 120 valence electrons. The number of halogens is 1. The Morgan fingerprint density at radius 2 is 1.73 bits per heavy atom. The van der Waals surface area contributed by atoms with Crippen LogP contribution in [-0.4, -0.2) is 33.6 Å². The molecule has 4 nitrogen and oxygen atoms in total. The van der Waals surface area contributed by atoms with Crippen molar-refractivity contribution in [2.45, 2.75) is 58.1 Å². The Morgan fingerprint density at radius 3 is 2.27 bits per heavy atom. The number of aryl methyl sites for hydroxylation is 1. The maximum Gasteiger partial charge on any atom is 0.296 e. The summed E-state index contributed by atoms with van der Waals surface area (Å²) < 4.78 is 0. The van der Waals surface area contributed by atoms with Crippen molar-refractivity contribution in [3.05, 3.63) is 28.8 Å². The standard InChI is InChI=1S/C17H23BrN2O2/c1-9(2)20(10(3)4)14(18)8-12-6-11(5)7-13-15(12)19-17(22)16(13)21/h6-7,9-10,14H,8H2,1-5H3,(H,19,21,22). The van der Waals surface area contributed by atoms with E-state index in [4.69, 9.17) is 0 Å². The molecule has 0 bridgehead atoms. The molecule has 5 heteroatoms. The highest BCUT2D eigenvalue weighted by molar-refractivity contribution is 9.09. The number of ketones is 1. The average Bonchev–Trinajstić information content (AvgIpc) is 2.65. The monoisotopic (exact) mass is 366 g/mol. The lowest BCUT2D eigenvalue weighted by Gasteiger charge is -2.35. The molecule has 1 heterocycles. The van der Waals surface area contributed by atoms with Gasteiger partial charge in [0.15, 0.2) is 0 Å². The molecule has 1 aliphatic rings. The van der Waals surface area contributed by atoms with Gasteiger partial charge in [0.05, 0.1) is 16.2 Å². The summed E-state index contributed by atoms with van der Waals surface area (Å²) in [6, 6.07) is 4.63. The van der Waals surface area contributed by atoms with Gasteiger partial charge in [0.25, 0.3) is 11.7 Å². The minimum atomic E-state index is -0.530. The maximum absolute atomic E-state index is 11.9. The Balaban J connectivity index is 2.33. The quantitative estimate of drug-likeness (QED) is 0.492. The molecule has 1 amide bonds. The number of nitrogens with zero attached hydrogens (tertiary/aromatic N) is 1. The molecule has 0 fully saturated rings. The second-order valence-electron chi connectivity index (χ2n) is 6.40. The smallest absolute Gasteiger partial charge is 0.296 e. The van der Waals surface area contributed by atoms with Crippen molar-refractivity contribution >= 4 is 33.3 Å². The molecule has 0 radical (unpaired) electrons. The predicted molar refractivity (Wildman–Crippen MR) is 92.7 cm³/mol. The van der Waals surface area contributed by atoms with Gasteiger partial charge in [0, 0.05) is 18.5 Å². The first-order chi connectivity index (χ1) is 10.2. The third-order valence-corrected chi connectivity index (χ3v) is 4.75. The summed E-state index contributed by atoms with van der Waals surface area (Å²) in [6.45, 7) is 10.6. The molecule has 1 atom stereocenters. The Hall–Kier alpha value is -1.20. The first-order valence-electron chi connectivity index (χ1n) is 7.63. The average molecular weight is 367 g/mol. The van der Waals surface area contributed by atoms with E-state index in [9.17, 15) is 9.59 Å². The number of fused-ring (bicyclic) bond motifs is 1. The number of rotatable bonds is 5. The fourth-order valence-corrected chi connectivity index (χ4v) is 4.47. The predicted octanol–water partition coefficient (Wildman–Crippen LogP) is 3.51. The van der Waals surface area contributed by atoms with Crippen molar-refractivity contribution in [2.75, 3.05) is 5.32 Å². The number of hydrogen-bond acceptors (Lipinski definition) is 3. The van der Waals surface area contributed by atoms with Gasteiger partial charge < -0.3 is 5.32 Å². The van der Waals surface area contributed by atoms with Crippen LogP contribution >= 0.6 is 15.9 Å². The highest BCUT2D eigenvalue weighted by atomic mass is 79.9. The van der Waals surface area contributed by atoms with Crippen LogP contribution in [0.2, 0.25) is 0 Å². The lowest BCUT2D eigenvalue weighted by atomic mass is 10.00. The second kappa shape index (κ2) is 6.50. The number of hydrogen-bond donors (Lipinski definition) is 1. The van der Waals surface area contributed by atoms with Gasteiger partial charge in [-0.05, 0) is 51.8 Å². The number of amides is 1. The SMILES string of the molecule is Cc1cc(CC(Br)N(C(C)C)C(C)C)c2c(c1)C(=O)C(=O)N2. The Bertz CT molecular complexity index is 603. The summed E-state index contributed by atoms with van der Waals surface area (Å²) in [7, 11) is 0. The van der Waals surface area contributed by atoms with Crippen LogP contribution in [0.5, 0.6) is 0 Å². The van der Waals surface area contributed by atoms with Crippen molar-refractivity contribution in [3.8, 4) is 0 Å². The van der Waals surface area contributed by atoms with E-state index in [0.29, 0.717) is 23.3 Å². The zero-order valence-corrected chi connectivity index (χ0v) is 15.3. The minimum Gasteiger partial charge on any atom is -0.318 e. The fraction of sp³-hybridized carbons (Fsp3) is 0.529. The van der Waals surface area contributed by atoms with Crippen LogP contribution in [-0.2, 0) is 11.2 Å². The molecular formula is C17H23BrN2O2. The number of alkyl halides is 1. The van der Waals surface area contributed by atoms with Crippen molar-refractivity contribution in [1.82, 2.24) is 4.90 Å². The van der Waals surface area contributed by atoms with Gasteiger partial charge in [-0.3, -0.25) is 14.5 Å². The number of benzene rings is 1. The number of carbonyl (C=O) groups excluding carboxylic acids is 2. The third-order valence-electron chi connectivity index (χ3n) is 3.96. The summed E-state index contributed by atoms with van der Waals surface area (Å²) in [5.41, 5.74) is 3.18. The highest BCUT2D eigenvalue weighted by Crippen LogP contribution is 2.32. The van der Waals surface area contributed by atoms with Gasteiger partial charge >= 0.3 is 0 Å². The van der Waals surface area contributed by atoms with Crippen molar-refractivity contribution in [3.63, 3.8) is 0 Å². The summed E-state index contributed by atoms with van der Waals surface area (Å²) in [5.74, 6) is -0.965. The van der Waals surface area contributed by atoms with Crippen LogP contribution in [0.25, 0.3) is 0 Å². The number of anilines is 1. The van der Waals surface area contributed by atoms with Gasteiger partial charge in [0.1, 0.15) is 0 Å². The summed E-state index contributed by atoms with van der Waals surface area (Å²) >= 11 is 3.77. The van der Waals surface area contributed by atoms with Crippen LogP contribution in [0.4, 0.5) is 5.69 Å². The third kappa shape index (κ3) is 3.25. The van der Waals surface area contributed by atoms with E-state index in [2.05, 4.69) is 53.8 Å². The van der Waals surface area contributed by atoms with Crippen molar-refractivity contribution in [1.29, 1.82) is 0 Å². The molecular weight excluding hydrogens is 344 g/mol. The molecule has 0 saturated carbocycles. The van der Waals surface area contributed by atoms with E-state index in [1.165, 1.54) is 0 Å². The molecule has 0 aromatic heterocycles. The summed E-state index contributed by atoms with van der Waals surface area (Å²) in [4.78, 5) is 26.1. The zero-order chi connectivity index (χ0) is 16.6. The highest BCUT2D eigenvalue weighted by Gasteiger charge is 2.31. The normalized spacial score (nSPS) is 15.7. The Labute approximate surface area is 140 Å². The van der Waals surface area contributed by atoms with Gasteiger partial charge in [0.2, 0.25) is 0 Å². The number of Topliss-reactive ketones (excluding diaryl/α,β-unsaturated/α-hetero) is 1. The van der Waals surface area contributed by atoms with E-state index in [-0.39, 0.29) is 4.95 Å². The molecule has 0 spiro atoms. The van der Waals surface area contributed by atoms with Gasteiger partial charge in [-0.2, -0.15) is 0 Å². The number of nitrogens with one attached hydrogen (secondary N) is 1. The molecule has 1 aliphatic heterocycles. The van der Waals surface area contributed by atoms with Gasteiger partial charge in [-0.1, -0.05) is 22.0 Å².